The average Bonchev–Trinajstić information content (AvgIpc) is 2.75. The van der Waals surface area contributed by atoms with Gasteiger partial charge in [-0.2, -0.15) is 0 Å². The van der Waals surface area contributed by atoms with Crippen LogP contribution in [0.4, 0.5) is 0 Å². The van der Waals surface area contributed by atoms with E-state index in [1.165, 1.54) is 0 Å². The van der Waals surface area contributed by atoms with Crippen molar-refractivity contribution in [1.82, 2.24) is 5.32 Å². The standard InChI is InChI=1S/C13H18ClNO2/c1-13(5-4-6-15-13)12-10(14)7-9(16-2)8-11(12)17-3/h7-8,15H,4-6H2,1-3H3. The lowest BCUT2D eigenvalue weighted by Crippen LogP contribution is -2.33. The molecule has 1 fully saturated rings. The number of hydrogen-bond donors (Lipinski definition) is 1. The molecule has 1 aromatic carbocycles. The summed E-state index contributed by atoms with van der Waals surface area (Å²) in [5, 5.41) is 4.19. The van der Waals surface area contributed by atoms with E-state index in [9.17, 15) is 0 Å². The smallest absolute Gasteiger partial charge is 0.129 e. The maximum Gasteiger partial charge on any atom is 0.129 e. The molecule has 1 N–H and O–H groups in total. The van der Waals surface area contributed by atoms with Crippen molar-refractivity contribution in [2.45, 2.75) is 25.3 Å². The number of ether oxygens (including phenoxy) is 2. The number of halogens is 1. The Hall–Kier alpha value is -0.930. The van der Waals surface area contributed by atoms with Gasteiger partial charge in [0.25, 0.3) is 0 Å². The number of rotatable bonds is 3. The fraction of sp³-hybridized carbons (Fsp3) is 0.538. The van der Waals surface area contributed by atoms with Crippen molar-refractivity contribution < 1.29 is 9.47 Å². The molecule has 0 aliphatic carbocycles. The molecule has 0 saturated carbocycles. The molecule has 0 bridgehead atoms. The average molecular weight is 256 g/mol. The van der Waals surface area contributed by atoms with Crippen LogP contribution in [-0.4, -0.2) is 20.8 Å². The molecule has 0 spiro atoms. The number of nitrogens with one attached hydrogen (secondary N) is 1. The molecule has 0 radical (unpaired) electrons. The highest BCUT2D eigenvalue weighted by atomic mass is 35.5. The van der Waals surface area contributed by atoms with Crippen molar-refractivity contribution in [3.05, 3.63) is 22.7 Å². The number of benzene rings is 1. The van der Waals surface area contributed by atoms with E-state index in [2.05, 4.69) is 12.2 Å². The van der Waals surface area contributed by atoms with E-state index < -0.39 is 0 Å². The Morgan fingerprint density at radius 3 is 2.59 bits per heavy atom. The number of hydrogen-bond acceptors (Lipinski definition) is 3. The van der Waals surface area contributed by atoms with Crippen molar-refractivity contribution in [2.24, 2.45) is 0 Å². The first-order chi connectivity index (χ1) is 8.10. The Morgan fingerprint density at radius 1 is 1.29 bits per heavy atom. The quantitative estimate of drug-likeness (QED) is 0.901. The second-order valence-electron chi connectivity index (χ2n) is 4.55. The minimum atomic E-state index is -0.102. The summed E-state index contributed by atoms with van der Waals surface area (Å²) < 4.78 is 10.6. The maximum atomic E-state index is 6.36. The fourth-order valence-electron chi connectivity index (χ4n) is 2.48. The summed E-state index contributed by atoms with van der Waals surface area (Å²) in [7, 11) is 3.28. The van der Waals surface area contributed by atoms with E-state index in [4.69, 9.17) is 21.1 Å². The van der Waals surface area contributed by atoms with Crippen LogP contribution in [0.3, 0.4) is 0 Å². The van der Waals surface area contributed by atoms with Crippen LogP contribution in [0.2, 0.25) is 5.02 Å². The van der Waals surface area contributed by atoms with Crippen LogP contribution in [-0.2, 0) is 5.54 Å². The Balaban J connectivity index is 2.52. The molecule has 1 atom stereocenters. The lowest BCUT2D eigenvalue weighted by molar-refractivity contribution is 0.363. The molecule has 1 unspecified atom stereocenters. The highest BCUT2D eigenvalue weighted by Gasteiger charge is 2.35. The van der Waals surface area contributed by atoms with Gasteiger partial charge < -0.3 is 14.8 Å². The summed E-state index contributed by atoms with van der Waals surface area (Å²) in [6.07, 6.45) is 2.22. The monoisotopic (exact) mass is 255 g/mol. The van der Waals surface area contributed by atoms with Crippen LogP contribution >= 0.6 is 11.6 Å². The minimum Gasteiger partial charge on any atom is -0.497 e. The summed E-state index contributed by atoms with van der Waals surface area (Å²) >= 11 is 6.36. The van der Waals surface area contributed by atoms with Gasteiger partial charge in [0.1, 0.15) is 11.5 Å². The lowest BCUT2D eigenvalue weighted by Gasteiger charge is -2.28. The van der Waals surface area contributed by atoms with Crippen LogP contribution in [0.1, 0.15) is 25.3 Å². The van der Waals surface area contributed by atoms with Gasteiger partial charge in [0.2, 0.25) is 0 Å². The lowest BCUT2D eigenvalue weighted by atomic mass is 9.89. The molecule has 3 nitrogen and oxygen atoms in total. The highest BCUT2D eigenvalue weighted by Crippen LogP contribution is 2.42. The first-order valence-electron chi connectivity index (χ1n) is 5.78. The molecule has 1 heterocycles. The molecule has 1 saturated heterocycles. The molecule has 2 rings (SSSR count). The van der Waals surface area contributed by atoms with Crippen molar-refractivity contribution >= 4 is 11.6 Å². The summed E-state index contributed by atoms with van der Waals surface area (Å²) in [6.45, 7) is 3.18. The van der Waals surface area contributed by atoms with Gasteiger partial charge in [-0.05, 0) is 32.4 Å². The van der Waals surface area contributed by atoms with Gasteiger partial charge in [-0.3, -0.25) is 0 Å². The Kier molecular flexibility index (Phi) is 3.50. The van der Waals surface area contributed by atoms with E-state index in [-0.39, 0.29) is 5.54 Å². The van der Waals surface area contributed by atoms with Crippen LogP contribution in [0, 0.1) is 0 Å². The van der Waals surface area contributed by atoms with Gasteiger partial charge in [-0.25, -0.2) is 0 Å². The van der Waals surface area contributed by atoms with Gasteiger partial charge in [-0.1, -0.05) is 11.6 Å². The van der Waals surface area contributed by atoms with E-state index in [1.807, 2.05) is 12.1 Å². The zero-order valence-electron chi connectivity index (χ0n) is 10.5. The molecule has 1 aliphatic rings. The van der Waals surface area contributed by atoms with Crippen LogP contribution in [0.15, 0.2) is 12.1 Å². The maximum absolute atomic E-state index is 6.36. The van der Waals surface area contributed by atoms with E-state index in [1.54, 1.807) is 14.2 Å². The second kappa shape index (κ2) is 4.75. The normalized spacial score (nSPS) is 23.8. The molecular formula is C13H18ClNO2. The van der Waals surface area contributed by atoms with Crippen molar-refractivity contribution in [3.63, 3.8) is 0 Å². The van der Waals surface area contributed by atoms with Crippen molar-refractivity contribution in [3.8, 4) is 11.5 Å². The SMILES string of the molecule is COc1cc(Cl)c(C2(C)CCCN2)c(OC)c1. The largest absolute Gasteiger partial charge is 0.497 e. The Morgan fingerprint density at radius 2 is 2.06 bits per heavy atom. The van der Waals surface area contributed by atoms with E-state index in [0.717, 1.165) is 36.4 Å². The first kappa shape index (κ1) is 12.5. The zero-order valence-corrected chi connectivity index (χ0v) is 11.2. The molecular weight excluding hydrogens is 238 g/mol. The fourth-order valence-corrected chi connectivity index (χ4v) is 2.89. The molecule has 0 amide bonds. The highest BCUT2D eigenvalue weighted by molar-refractivity contribution is 6.31. The third-order valence-electron chi connectivity index (χ3n) is 3.40. The summed E-state index contributed by atoms with van der Waals surface area (Å²) in [5.74, 6) is 1.50. The first-order valence-corrected chi connectivity index (χ1v) is 6.15. The van der Waals surface area contributed by atoms with E-state index >= 15 is 0 Å². The van der Waals surface area contributed by atoms with Gasteiger partial charge in [0.05, 0.1) is 19.2 Å². The minimum absolute atomic E-state index is 0.102. The predicted octanol–water partition coefficient (Wildman–Crippen LogP) is 2.96. The molecule has 4 heteroatoms. The van der Waals surface area contributed by atoms with Crippen LogP contribution in [0.5, 0.6) is 11.5 Å². The third kappa shape index (κ3) is 2.22. The number of methoxy groups -OCH3 is 2. The second-order valence-corrected chi connectivity index (χ2v) is 4.96. The molecule has 94 valence electrons. The van der Waals surface area contributed by atoms with Gasteiger partial charge in [0.15, 0.2) is 0 Å². The van der Waals surface area contributed by atoms with E-state index in [0.29, 0.717) is 5.02 Å². The molecule has 1 aliphatic heterocycles. The summed E-state index contributed by atoms with van der Waals surface area (Å²) in [6, 6.07) is 3.72. The van der Waals surface area contributed by atoms with Crippen molar-refractivity contribution in [1.29, 1.82) is 0 Å². The molecule has 0 aromatic heterocycles. The summed E-state index contributed by atoms with van der Waals surface area (Å²) in [5.41, 5.74) is 0.925. The van der Waals surface area contributed by atoms with Gasteiger partial charge in [0, 0.05) is 17.2 Å². The zero-order chi connectivity index (χ0) is 12.5. The molecule has 1 aromatic rings. The molecule has 17 heavy (non-hydrogen) atoms. The van der Waals surface area contributed by atoms with Gasteiger partial charge >= 0.3 is 0 Å². The topological polar surface area (TPSA) is 30.5 Å². The predicted molar refractivity (Wildman–Crippen MR) is 69.1 cm³/mol. The Labute approximate surface area is 107 Å². The Bertz CT molecular complexity index is 414. The van der Waals surface area contributed by atoms with Gasteiger partial charge in [-0.15, -0.1) is 0 Å². The van der Waals surface area contributed by atoms with Crippen LogP contribution in [0.25, 0.3) is 0 Å². The third-order valence-corrected chi connectivity index (χ3v) is 3.70. The van der Waals surface area contributed by atoms with Crippen LogP contribution < -0.4 is 14.8 Å². The van der Waals surface area contributed by atoms with Crippen molar-refractivity contribution in [2.75, 3.05) is 20.8 Å². The summed E-state index contributed by atoms with van der Waals surface area (Å²) in [4.78, 5) is 0.